The molecule has 186 valence electrons. The first-order chi connectivity index (χ1) is 15.9. The minimum atomic E-state index is -0.456. The fourth-order valence-electron chi connectivity index (χ4n) is 3.58. The molecular weight excluding hydrogens is 422 g/mol. The van der Waals surface area contributed by atoms with Gasteiger partial charge >= 0.3 is 11.9 Å². The van der Waals surface area contributed by atoms with Crippen molar-refractivity contribution in [2.45, 2.75) is 110 Å². The summed E-state index contributed by atoms with van der Waals surface area (Å²) in [5.74, 6) is -0.722. The molecule has 0 aliphatic rings. The summed E-state index contributed by atoms with van der Waals surface area (Å²) in [5, 5.41) is 11.0. The van der Waals surface area contributed by atoms with Crippen molar-refractivity contribution in [1.82, 2.24) is 0 Å². The first kappa shape index (κ1) is 28.6. The van der Waals surface area contributed by atoms with E-state index < -0.39 is 10.9 Å². The Kier molecular flexibility index (Phi) is 15.6. The molecule has 33 heavy (non-hydrogen) atoms. The van der Waals surface area contributed by atoms with Crippen molar-refractivity contribution in [3.8, 4) is 0 Å². The average Bonchev–Trinajstić information content (AvgIpc) is 2.79. The maximum absolute atomic E-state index is 11.8. The number of rotatable bonds is 19. The van der Waals surface area contributed by atoms with Crippen LogP contribution in [-0.4, -0.2) is 23.5 Å². The molecule has 0 saturated heterocycles. The minimum absolute atomic E-state index is 0.00380. The Labute approximate surface area is 198 Å². The number of esters is 2. The second kappa shape index (κ2) is 18.0. The van der Waals surface area contributed by atoms with Gasteiger partial charge in [-0.3, -0.25) is 19.7 Å². The smallest absolute Gasteiger partial charge is 0.306 e. The van der Waals surface area contributed by atoms with Gasteiger partial charge in [0.1, 0.15) is 6.61 Å². The number of aryl methyl sites for hydroxylation is 1. The topological polar surface area (TPSA) is 95.7 Å². The van der Waals surface area contributed by atoms with E-state index in [9.17, 15) is 19.7 Å². The molecule has 7 heteroatoms. The van der Waals surface area contributed by atoms with Gasteiger partial charge in [0.15, 0.2) is 0 Å². The molecule has 0 aromatic heterocycles. The quantitative estimate of drug-likeness (QED) is 0.0951. The average molecular weight is 464 g/mol. The van der Waals surface area contributed by atoms with Crippen molar-refractivity contribution < 1.29 is 24.0 Å². The molecule has 0 amide bonds. The largest absolute Gasteiger partial charge is 0.466 e. The molecule has 1 rings (SSSR count). The van der Waals surface area contributed by atoms with Crippen molar-refractivity contribution in [1.29, 1.82) is 0 Å². The number of ether oxygens (including phenoxy) is 2. The lowest BCUT2D eigenvalue weighted by molar-refractivity contribution is -0.385. The van der Waals surface area contributed by atoms with Crippen LogP contribution in [0.1, 0.15) is 108 Å². The van der Waals surface area contributed by atoms with Crippen molar-refractivity contribution in [3.63, 3.8) is 0 Å². The van der Waals surface area contributed by atoms with Gasteiger partial charge in [0.25, 0.3) is 5.69 Å². The molecule has 0 aliphatic carbocycles. The summed E-state index contributed by atoms with van der Waals surface area (Å²) in [7, 11) is 0. The van der Waals surface area contributed by atoms with Crippen molar-refractivity contribution in [3.05, 3.63) is 39.4 Å². The number of hydrogen-bond acceptors (Lipinski definition) is 6. The number of unbranched alkanes of at least 4 members (excludes halogenated alkanes) is 10. The summed E-state index contributed by atoms with van der Waals surface area (Å²) in [6.45, 7) is 4.31. The van der Waals surface area contributed by atoms with Crippen LogP contribution in [0, 0.1) is 17.0 Å². The van der Waals surface area contributed by atoms with Crippen LogP contribution >= 0.6 is 0 Å². The number of nitro groups is 1. The molecule has 0 radical (unpaired) electrons. The maximum atomic E-state index is 11.8. The van der Waals surface area contributed by atoms with Crippen LogP contribution in [-0.2, 0) is 25.7 Å². The van der Waals surface area contributed by atoms with Crippen molar-refractivity contribution in [2.75, 3.05) is 6.61 Å². The Balaban J connectivity index is 1.99. The third-order valence-corrected chi connectivity index (χ3v) is 5.64. The molecule has 1 aromatic carbocycles. The molecule has 1 aromatic rings. The Hall–Kier alpha value is -2.44. The Bertz CT molecular complexity index is 719. The number of hydrogen-bond donors (Lipinski definition) is 0. The third kappa shape index (κ3) is 14.3. The standard InChI is InChI=1S/C26H41NO6/c1-3-4-5-6-7-8-9-10-11-12-13-19-32-25(28)15-14-16-26(29)33-21-23-18-17-22(2)24(20-23)27(30)31/h17-18,20H,3-16,19,21H2,1-2H3. The highest BCUT2D eigenvalue weighted by Gasteiger charge is 2.12. The van der Waals surface area contributed by atoms with E-state index in [0.717, 1.165) is 12.8 Å². The van der Waals surface area contributed by atoms with Gasteiger partial charge < -0.3 is 9.47 Å². The van der Waals surface area contributed by atoms with E-state index in [-0.39, 0.29) is 31.1 Å². The van der Waals surface area contributed by atoms with E-state index in [0.29, 0.717) is 24.2 Å². The summed E-state index contributed by atoms with van der Waals surface area (Å²) in [6.07, 6.45) is 14.4. The van der Waals surface area contributed by atoms with Crippen LogP contribution in [0.15, 0.2) is 18.2 Å². The SMILES string of the molecule is CCCCCCCCCCCCCOC(=O)CCCC(=O)OCc1ccc(C)c([N+](=O)[O-])c1. The second-order valence-electron chi connectivity index (χ2n) is 8.65. The van der Waals surface area contributed by atoms with Crippen LogP contribution in [0.2, 0.25) is 0 Å². The predicted molar refractivity (Wildman–Crippen MR) is 129 cm³/mol. The lowest BCUT2D eigenvalue weighted by atomic mass is 10.1. The van der Waals surface area contributed by atoms with E-state index in [1.807, 2.05) is 0 Å². The second-order valence-corrected chi connectivity index (χ2v) is 8.65. The molecule has 0 spiro atoms. The molecule has 0 N–H and O–H groups in total. The number of nitrogens with zero attached hydrogens (tertiary/aromatic N) is 1. The molecule has 0 fully saturated rings. The van der Waals surface area contributed by atoms with Gasteiger partial charge in [-0.1, -0.05) is 83.3 Å². The number of carbonyl (C=O) groups is 2. The van der Waals surface area contributed by atoms with Crippen LogP contribution in [0.4, 0.5) is 5.69 Å². The fraction of sp³-hybridized carbons (Fsp3) is 0.692. The van der Waals surface area contributed by atoms with E-state index >= 15 is 0 Å². The van der Waals surface area contributed by atoms with Gasteiger partial charge in [0.2, 0.25) is 0 Å². The Morgan fingerprint density at radius 1 is 0.818 bits per heavy atom. The molecule has 7 nitrogen and oxygen atoms in total. The van der Waals surface area contributed by atoms with E-state index in [2.05, 4.69) is 6.92 Å². The van der Waals surface area contributed by atoms with Gasteiger partial charge in [-0.05, 0) is 25.3 Å². The third-order valence-electron chi connectivity index (χ3n) is 5.64. The minimum Gasteiger partial charge on any atom is -0.466 e. The zero-order chi connectivity index (χ0) is 24.3. The van der Waals surface area contributed by atoms with Crippen LogP contribution < -0.4 is 0 Å². The zero-order valence-electron chi connectivity index (χ0n) is 20.4. The highest BCUT2D eigenvalue weighted by molar-refractivity contribution is 5.72. The number of nitro benzene ring substituents is 1. The van der Waals surface area contributed by atoms with E-state index in [4.69, 9.17) is 9.47 Å². The van der Waals surface area contributed by atoms with Crippen LogP contribution in [0.5, 0.6) is 0 Å². The first-order valence-corrected chi connectivity index (χ1v) is 12.5. The molecule has 0 bridgehead atoms. The van der Waals surface area contributed by atoms with Gasteiger partial charge in [0.05, 0.1) is 11.5 Å². The summed E-state index contributed by atoms with van der Waals surface area (Å²) >= 11 is 0. The highest BCUT2D eigenvalue weighted by atomic mass is 16.6. The lowest BCUT2D eigenvalue weighted by Gasteiger charge is -2.07. The lowest BCUT2D eigenvalue weighted by Crippen LogP contribution is -2.09. The van der Waals surface area contributed by atoms with Gasteiger partial charge in [-0.25, -0.2) is 0 Å². The summed E-state index contributed by atoms with van der Waals surface area (Å²) in [4.78, 5) is 34.1. The summed E-state index contributed by atoms with van der Waals surface area (Å²) in [6, 6.07) is 4.74. The molecule has 0 unspecified atom stereocenters. The van der Waals surface area contributed by atoms with Crippen LogP contribution in [0.25, 0.3) is 0 Å². The van der Waals surface area contributed by atoms with Crippen molar-refractivity contribution in [2.24, 2.45) is 0 Å². The molecular formula is C26H41NO6. The van der Waals surface area contributed by atoms with Gasteiger partial charge in [-0.2, -0.15) is 0 Å². The number of carbonyl (C=O) groups excluding carboxylic acids is 2. The van der Waals surface area contributed by atoms with E-state index in [1.165, 1.54) is 63.9 Å². The maximum Gasteiger partial charge on any atom is 0.306 e. The number of benzene rings is 1. The monoisotopic (exact) mass is 463 g/mol. The zero-order valence-corrected chi connectivity index (χ0v) is 20.4. The highest BCUT2D eigenvalue weighted by Crippen LogP contribution is 2.20. The molecule has 0 saturated carbocycles. The van der Waals surface area contributed by atoms with E-state index in [1.54, 1.807) is 19.1 Å². The Morgan fingerprint density at radius 3 is 1.94 bits per heavy atom. The van der Waals surface area contributed by atoms with Gasteiger partial charge in [-0.15, -0.1) is 0 Å². The Morgan fingerprint density at radius 2 is 1.36 bits per heavy atom. The normalized spacial score (nSPS) is 10.7. The molecule has 0 atom stereocenters. The van der Waals surface area contributed by atoms with Crippen LogP contribution in [0.3, 0.4) is 0 Å². The predicted octanol–water partition coefficient (Wildman–Crippen LogP) is 6.97. The first-order valence-electron chi connectivity index (χ1n) is 12.5. The fourth-order valence-corrected chi connectivity index (χ4v) is 3.58. The van der Waals surface area contributed by atoms with Crippen molar-refractivity contribution >= 4 is 17.6 Å². The summed E-state index contributed by atoms with van der Waals surface area (Å²) < 4.78 is 10.4. The van der Waals surface area contributed by atoms with Gasteiger partial charge in [0, 0.05) is 24.5 Å². The molecule has 0 heterocycles. The molecule has 0 aliphatic heterocycles. The summed E-state index contributed by atoms with van der Waals surface area (Å²) in [5.41, 5.74) is 1.12.